The number of rotatable bonds is 17. The van der Waals surface area contributed by atoms with Crippen molar-refractivity contribution in [1.82, 2.24) is 0 Å². The van der Waals surface area contributed by atoms with Gasteiger partial charge < -0.3 is 4.74 Å². The number of carbonyl (C=O) groups is 2. The summed E-state index contributed by atoms with van der Waals surface area (Å²) in [5, 5.41) is 0. The van der Waals surface area contributed by atoms with Crippen molar-refractivity contribution in [3.63, 3.8) is 0 Å². The summed E-state index contributed by atoms with van der Waals surface area (Å²) in [5.41, 5.74) is 3.88. The van der Waals surface area contributed by atoms with Gasteiger partial charge in [0, 0.05) is 5.56 Å². The van der Waals surface area contributed by atoms with Crippen LogP contribution in [-0.2, 0) is 14.1 Å². The second-order valence-corrected chi connectivity index (χ2v) is 12.1. The number of carbonyl (C=O) groups excluding carboxylic acids is 2. The molecule has 0 saturated heterocycles. The summed E-state index contributed by atoms with van der Waals surface area (Å²) in [6, 6.07) is 4.07. The first-order valence-corrected chi connectivity index (χ1v) is 15.0. The van der Waals surface area contributed by atoms with Gasteiger partial charge in [-0.3, -0.25) is 9.59 Å². The Morgan fingerprint density at radius 2 is 1.30 bits per heavy atom. The summed E-state index contributed by atoms with van der Waals surface area (Å²) in [4.78, 5) is 26.8. The minimum Gasteiger partial charge on any atom is -0.465 e. The summed E-state index contributed by atoms with van der Waals surface area (Å²) in [6.07, 6.45) is 13.9. The lowest BCUT2D eigenvalue weighted by molar-refractivity contribution is -0.147. The van der Waals surface area contributed by atoms with E-state index in [-0.39, 0.29) is 23.1 Å². The largest absolute Gasteiger partial charge is 0.465 e. The van der Waals surface area contributed by atoms with Crippen LogP contribution in [0.4, 0.5) is 0 Å². The van der Waals surface area contributed by atoms with Crippen LogP contribution in [0.25, 0.3) is 0 Å². The van der Waals surface area contributed by atoms with Gasteiger partial charge in [0.1, 0.15) is 5.92 Å². The highest BCUT2D eigenvalue weighted by atomic mass is 31.0. The van der Waals surface area contributed by atoms with Crippen molar-refractivity contribution in [2.24, 2.45) is 17.3 Å². The molecule has 212 valence electrons. The zero-order valence-electron chi connectivity index (χ0n) is 25.2. The van der Waals surface area contributed by atoms with Gasteiger partial charge in [-0.2, -0.15) is 0 Å². The van der Waals surface area contributed by atoms with E-state index in [1.165, 1.54) is 60.5 Å². The lowest BCUT2D eigenvalue weighted by Crippen LogP contribution is -2.30. The molecule has 0 heterocycles. The Kier molecular flexibility index (Phi) is 18.7. The van der Waals surface area contributed by atoms with E-state index in [2.05, 4.69) is 34.6 Å². The fraction of sp³-hybridized carbons (Fsp3) is 0.750. The molecule has 1 aromatic rings. The highest BCUT2D eigenvalue weighted by Crippen LogP contribution is 2.31. The molecule has 4 nitrogen and oxygen atoms in total. The first kappa shape index (κ1) is 35.5. The maximum absolute atomic E-state index is 13.6. The van der Waals surface area contributed by atoms with Gasteiger partial charge >= 0.3 is 15.1 Å². The Labute approximate surface area is 230 Å². The van der Waals surface area contributed by atoms with Crippen LogP contribution in [0, 0.1) is 38.0 Å². The average Bonchev–Trinajstić information content (AvgIpc) is 2.80. The van der Waals surface area contributed by atoms with Crippen molar-refractivity contribution in [3.8, 4) is 0 Å². The highest BCUT2D eigenvalue weighted by Gasteiger charge is 2.33. The monoisotopic (exact) mass is 535 g/mol. The molecular formula is C32H56O4P+. The topological polar surface area (TPSA) is 60.4 Å². The molecular weight excluding hydrogens is 479 g/mol. The van der Waals surface area contributed by atoms with Crippen molar-refractivity contribution in [3.05, 3.63) is 34.4 Å². The summed E-state index contributed by atoms with van der Waals surface area (Å²) < 4.78 is 13.9. The maximum atomic E-state index is 13.6. The number of hydrogen-bond acceptors (Lipinski definition) is 4. The number of ether oxygens (including phenoxy) is 1. The number of ketones is 1. The fourth-order valence-electron chi connectivity index (χ4n) is 5.45. The van der Waals surface area contributed by atoms with E-state index in [1.54, 1.807) is 0 Å². The van der Waals surface area contributed by atoms with Crippen LogP contribution < -0.4 is 0 Å². The smallest absolute Gasteiger partial charge is 0.316 e. The molecule has 0 N–H and O–H groups in total. The van der Waals surface area contributed by atoms with Crippen LogP contribution in [0.2, 0.25) is 0 Å². The van der Waals surface area contributed by atoms with Crippen molar-refractivity contribution in [1.29, 1.82) is 0 Å². The zero-order chi connectivity index (χ0) is 28.4. The first-order valence-electron chi connectivity index (χ1n) is 14.5. The van der Waals surface area contributed by atoms with Crippen LogP contribution in [0.3, 0.4) is 0 Å². The number of benzene rings is 1. The van der Waals surface area contributed by atoms with Crippen molar-refractivity contribution in [2.45, 2.75) is 132 Å². The molecule has 37 heavy (non-hydrogen) atoms. The van der Waals surface area contributed by atoms with E-state index in [9.17, 15) is 9.59 Å². The van der Waals surface area contributed by atoms with E-state index < -0.39 is 5.92 Å². The molecule has 0 saturated carbocycles. The minimum atomic E-state index is -0.726. The van der Waals surface area contributed by atoms with Crippen molar-refractivity contribution >= 4 is 20.9 Å². The second-order valence-electron chi connectivity index (χ2n) is 12.1. The zero-order valence-corrected chi connectivity index (χ0v) is 26.4. The Balaban J connectivity index is 0.00000631. The molecule has 1 aromatic carbocycles. The maximum Gasteiger partial charge on any atom is 0.316 e. The van der Waals surface area contributed by atoms with E-state index in [1.807, 2.05) is 32.9 Å². The first-order chi connectivity index (χ1) is 17.5. The normalized spacial score (nSPS) is 12.9. The number of hydrogen-bond donors (Lipinski definition) is 0. The molecule has 5 heteroatoms. The summed E-state index contributed by atoms with van der Waals surface area (Å²) in [5.74, 6) is -0.879. The van der Waals surface area contributed by atoms with Gasteiger partial charge in [0.2, 0.25) is 0 Å². The molecule has 3 atom stereocenters. The van der Waals surface area contributed by atoms with Crippen LogP contribution in [0.5, 0.6) is 0 Å². The molecule has 0 bridgehead atoms. The predicted octanol–water partition coefficient (Wildman–Crippen LogP) is 9.54. The molecule has 3 unspecified atom stereocenters. The number of aryl methyl sites for hydroxylation is 3. The molecule has 0 aliphatic rings. The summed E-state index contributed by atoms with van der Waals surface area (Å²) in [7, 11) is 1.17. The van der Waals surface area contributed by atoms with Crippen LogP contribution in [0.1, 0.15) is 139 Å². The Morgan fingerprint density at radius 3 is 1.76 bits per heavy atom. The summed E-state index contributed by atoms with van der Waals surface area (Å²) in [6.45, 7) is 17.4. The van der Waals surface area contributed by atoms with Crippen molar-refractivity contribution < 1.29 is 18.9 Å². The molecule has 1 rings (SSSR count). The van der Waals surface area contributed by atoms with Gasteiger partial charge in [-0.15, -0.1) is 0 Å². The van der Waals surface area contributed by atoms with Gasteiger partial charge in [-0.25, -0.2) is 0 Å². The molecule has 0 spiro atoms. The number of Topliss-reactive ketones (excluding diaryl/α,β-unsaturated/α-hetero) is 1. The molecule has 0 aliphatic heterocycles. The quantitative estimate of drug-likeness (QED) is 0.0655. The Hall–Kier alpha value is -1.54. The number of esters is 1. The van der Waals surface area contributed by atoms with E-state index in [0.29, 0.717) is 18.6 Å². The fourth-order valence-corrected chi connectivity index (χ4v) is 5.45. The third-order valence-electron chi connectivity index (χ3n) is 6.87. The third-order valence-corrected chi connectivity index (χ3v) is 6.87. The van der Waals surface area contributed by atoms with E-state index in [0.717, 1.165) is 36.0 Å². The minimum absolute atomic E-state index is 0.0752. The molecule has 0 aliphatic carbocycles. The van der Waals surface area contributed by atoms with E-state index >= 15 is 0 Å². The van der Waals surface area contributed by atoms with Crippen molar-refractivity contribution in [2.75, 3.05) is 6.61 Å². The highest BCUT2D eigenvalue weighted by molar-refractivity contribution is 7.00. The lowest BCUT2D eigenvalue weighted by Gasteiger charge is -2.26. The van der Waals surface area contributed by atoms with E-state index in [4.69, 9.17) is 9.30 Å². The predicted molar refractivity (Wildman–Crippen MR) is 160 cm³/mol. The van der Waals surface area contributed by atoms with Gasteiger partial charge in [0.15, 0.2) is 5.78 Å². The average molecular weight is 536 g/mol. The van der Waals surface area contributed by atoms with Gasteiger partial charge in [-0.05, 0) is 62.5 Å². The summed E-state index contributed by atoms with van der Waals surface area (Å²) >= 11 is 0. The van der Waals surface area contributed by atoms with Gasteiger partial charge in [0.05, 0.1) is 6.61 Å². The van der Waals surface area contributed by atoms with Crippen LogP contribution in [-0.4, -0.2) is 18.4 Å². The Bertz CT molecular complexity index is 773. The molecule has 0 radical (unpaired) electrons. The van der Waals surface area contributed by atoms with Crippen LogP contribution in [0.15, 0.2) is 12.1 Å². The lowest BCUT2D eigenvalue weighted by atomic mass is 9.79. The standard InChI is InChI=1S/C32H54O3.H2OP/c1-9-10-11-12-13-14-15-16-17-18-19-35-31(34)28(22-25(3)23-32(6,7)8)30(33)29-26(4)20-24(2)21-27(29)5;1-2/h20-21,25,28H,9-19,22-23H2,1-8H3;2H2/q;+1. The Morgan fingerprint density at radius 1 is 0.838 bits per heavy atom. The third kappa shape index (κ3) is 15.5. The second kappa shape index (κ2) is 19.5. The number of unbranched alkanes of at least 4 members (excludes halogenated alkanes) is 9. The van der Waals surface area contributed by atoms with Gasteiger partial charge in [0.25, 0.3) is 0 Å². The molecule has 0 aromatic heterocycles. The molecule has 0 amide bonds. The SMILES string of the molecule is CCCCCCCCCCCCOC(=O)C(CC(C)CC(C)(C)C)C(=O)c1c(C)cc(C)cc1C.O=[PH2+]. The molecule has 0 fully saturated rings. The van der Waals surface area contributed by atoms with Crippen LogP contribution >= 0.6 is 9.12 Å². The van der Waals surface area contributed by atoms with Gasteiger partial charge in [-0.1, -0.05) is 115 Å².